The third-order valence-corrected chi connectivity index (χ3v) is 7.06. The predicted molar refractivity (Wildman–Crippen MR) is 150 cm³/mol. The molecular weight excluding hydrogens is 548 g/mol. The first-order valence-corrected chi connectivity index (χ1v) is 14.8. The number of hydrogen-bond donors (Lipinski definition) is 0. The van der Waals surface area contributed by atoms with Crippen LogP contribution in [0.2, 0.25) is 0 Å². The van der Waals surface area contributed by atoms with Crippen LogP contribution in [0.4, 0.5) is 0 Å². The van der Waals surface area contributed by atoms with E-state index in [1.54, 1.807) is 41.5 Å². The lowest BCUT2D eigenvalue weighted by Gasteiger charge is -2.26. The zero-order valence-electron chi connectivity index (χ0n) is 26.4. The SMILES string of the molecule is CC(OC(=O)C1CCCN1C(=O)CCCCC(=O)N1CCC[C@@H]1C(=O)O[C@H](C)OC(=O)C(C)(C)C)OC(=O)C(C)(C)C. The average Bonchev–Trinajstić information content (AvgIpc) is 3.55. The van der Waals surface area contributed by atoms with Crippen molar-refractivity contribution in [2.75, 3.05) is 13.1 Å². The molecule has 2 saturated heterocycles. The van der Waals surface area contributed by atoms with Crippen molar-refractivity contribution < 1.29 is 47.7 Å². The Labute approximate surface area is 248 Å². The van der Waals surface area contributed by atoms with Crippen LogP contribution in [-0.4, -0.2) is 83.2 Å². The quantitative estimate of drug-likeness (QED) is 0.197. The molecule has 12 heteroatoms. The number of carbonyl (C=O) groups is 6. The van der Waals surface area contributed by atoms with Crippen molar-refractivity contribution >= 4 is 35.7 Å². The Hall–Kier alpha value is -3.18. The molecule has 0 aromatic heterocycles. The summed E-state index contributed by atoms with van der Waals surface area (Å²) in [6, 6.07) is -1.48. The van der Waals surface area contributed by atoms with Gasteiger partial charge in [-0.15, -0.1) is 0 Å². The third kappa shape index (κ3) is 10.3. The van der Waals surface area contributed by atoms with Gasteiger partial charge in [0.25, 0.3) is 0 Å². The summed E-state index contributed by atoms with van der Waals surface area (Å²) in [5, 5.41) is 0. The van der Waals surface area contributed by atoms with Crippen LogP contribution in [0, 0.1) is 10.8 Å². The van der Waals surface area contributed by atoms with E-state index in [4.69, 9.17) is 18.9 Å². The van der Waals surface area contributed by atoms with Gasteiger partial charge in [-0.05, 0) is 80.1 Å². The lowest BCUT2D eigenvalue weighted by molar-refractivity contribution is -0.195. The zero-order valence-corrected chi connectivity index (χ0v) is 26.4. The topological polar surface area (TPSA) is 146 Å². The van der Waals surface area contributed by atoms with Gasteiger partial charge in [-0.1, -0.05) is 0 Å². The van der Waals surface area contributed by atoms with E-state index in [1.165, 1.54) is 23.6 Å². The molecule has 0 bridgehead atoms. The van der Waals surface area contributed by atoms with E-state index >= 15 is 0 Å². The molecule has 0 N–H and O–H groups in total. The molecule has 0 aromatic rings. The number of ether oxygens (including phenoxy) is 4. The first-order chi connectivity index (χ1) is 19.4. The number of likely N-dealkylation sites (tertiary alicyclic amines) is 2. The molecule has 2 aliphatic heterocycles. The zero-order chi connectivity index (χ0) is 31.8. The molecule has 0 aromatic carbocycles. The minimum absolute atomic E-state index is 0.160. The summed E-state index contributed by atoms with van der Waals surface area (Å²) in [5.74, 6) is -2.63. The van der Waals surface area contributed by atoms with Crippen molar-refractivity contribution in [2.24, 2.45) is 10.8 Å². The van der Waals surface area contributed by atoms with Crippen LogP contribution in [0.5, 0.6) is 0 Å². The molecule has 2 unspecified atom stereocenters. The minimum atomic E-state index is -1.07. The Bertz CT molecular complexity index is 933. The van der Waals surface area contributed by atoms with Gasteiger partial charge in [-0.25, -0.2) is 9.59 Å². The Morgan fingerprint density at radius 2 is 0.952 bits per heavy atom. The summed E-state index contributed by atoms with van der Waals surface area (Å²) in [4.78, 5) is 78.2. The number of unbranched alkanes of at least 4 members (excludes halogenated alkanes) is 1. The number of nitrogens with zero attached hydrogens (tertiary/aromatic N) is 2. The molecule has 2 amide bonds. The highest BCUT2D eigenvalue weighted by Gasteiger charge is 2.38. The summed E-state index contributed by atoms with van der Waals surface area (Å²) in [5.41, 5.74) is -1.48. The molecule has 42 heavy (non-hydrogen) atoms. The molecule has 2 fully saturated rings. The fourth-order valence-corrected chi connectivity index (χ4v) is 4.65. The fourth-order valence-electron chi connectivity index (χ4n) is 4.65. The highest BCUT2D eigenvalue weighted by molar-refractivity contribution is 5.86. The van der Waals surface area contributed by atoms with Gasteiger partial charge < -0.3 is 28.7 Å². The van der Waals surface area contributed by atoms with Gasteiger partial charge in [0.2, 0.25) is 24.4 Å². The van der Waals surface area contributed by atoms with Crippen LogP contribution >= 0.6 is 0 Å². The van der Waals surface area contributed by atoms with Crippen LogP contribution in [-0.2, 0) is 47.7 Å². The molecule has 0 saturated carbocycles. The van der Waals surface area contributed by atoms with Gasteiger partial charge >= 0.3 is 23.9 Å². The highest BCUT2D eigenvalue weighted by Crippen LogP contribution is 2.24. The van der Waals surface area contributed by atoms with Crippen LogP contribution < -0.4 is 0 Å². The number of hydrogen-bond acceptors (Lipinski definition) is 10. The smallest absolute Gasteiger partial charge is 0.331 e. The summed E-state index contributed by atoms with van der Waals surface area (Å²) in [7, 11) is 0. The summed E-state index contributed by atoms with van der Waals surface area (Å²) in [6.07, 6.45) is 1.29. The van der Waals surface area contributed by atoms with Gasteiger partial charge in [-0.2, -0.15) is 0 Å². The molecular formula is C30H48N2O10. The van der Waals surface area contributed by atoms with Crippen LogP contribution in [0.15, 0.2) is 0 Å². The van der Waals surface area contributed by atoms with Gasteiger partial charge in [-0.3, -0.25) is 19.2 Å². The van der Waals surface area contributed by atoms with E-state index in [9.17, 15) is 28.8 Å². The Morgan fingerprint density at radius 1 is 0.619 bits per heavy atom. The van der Waals surface area contributed by atoms with Gasteiger partial charge in [0.05, 0.1) is 10.8 Å². The fraction of sp³-hybridized carbons (Fsp3) is 0.800. The Morgan fingerprint density at radius 3 is 1.26 bits per heavy atom. The maximum Gasteiger partial charge on any atom is 0.331 e. The van der Waals surface area contributed by atoms with Crippen LogP contribution in [0.1, 0.15) is 107 Å². The number of carbonyl (C=O) groups excluding carboxylic acids is 6. The normalized spacial score (nSPS) is 20.5. The highest BCUT2D eigenvalue weighted by atomic mass is 16.7. The van der Waals surface area contributed by atoms with Crippen LogP contribution in [0.3, 0.4) is 0 Å². The number of rotatable bonds is 11. The standard InChI is InChI=1S/C30H48N2O10/c1-19(41-27(37)29(3,4)5)39-25(35)21-13-11-17-31(21)23(33)15-9-10-16-24(34)32-18-12-14-22(32)26(36)40-20(2)42-28(38)30(6,7)8/h19-22H,9-18H2,1-8H3/t19-,20?,21+,22?/m0/s1. The lowest BCUT2D eigenvalue weighted by Crippen LogP contribution is -2.43. The van der Waals surface area contributed by atoms with Crippen molar-refractivity contribution in [3.8, 4) is 0 Å². The summed E-state index contributed by atoms with van der Waals surface area (Å²) >= 11 is 0. The van der Waals surface area contributed by atoms with Crippen molar-refractivity contribution in [3.05, 3.63) is 0 Å². The summed E-state index contributed by atoms with van der Waals surface area (Å²) in [6.45, 7) is 14.0. The van der Waals surface area contributed by atoms with Crippen molar-refractivity contribution in [2.45, 2.75) is 131 Å². The molecule has 2 rings (SSSR count). The van der Waals surface area contributed by atoms with Crippen molar-refractivity contribution in [1.82, 2.24) is 9.80 Å². The van der Waals surface area contributed by atoms with Crippen LogP contribution in [0.25, 0.3) is 0 Å². The molecule has 12 nitrogen and oxygen atoms in total. The summed E-state index contributed by atoms with van der Waals surface area (Å²) < 4.78 is 21.0. The van der Waals surface area contributed by atoms with Gasteiger partial charge in [0.15, 0.2) is 0 Å². The maximum absolute atomic E-state index is 12.9. The monoisotopic (exact) mass is 596 g/mol. The lowest BCUT2D eigenvalue weighted by atomic mass is 9.97. The molecule has 2 heterocycles. The minimum Gasteiger partial charge on any atom is -0.425 e. The molecule has 238 valence electrons. The largest absolute Gasteiger partial charge is 0.425 e. The maximum atomic E-state index is 12.9. The average molecular weight is 597 g/mol. The van der Waals surface area contributed by atoms with E-state index < -0.39 is 59.4 Å². The van der Waals surface area contributed by atoms with Gasteiger partial charge in [0, 0.05) is 39.8 Å². The predicted octanol–water partition coefficient (Wildman–Crippen LogP) is 3.49. The number of esters is 4. The molecule has 0 aliphatic carbocycles. The second kappa shape index (κ2) is 14.8. The Balaban J connectivity index is 1.78. The second-order valence-corrected chi connectivity index (χ2v) is 13.0. The van der Waals surface area contributed by atoms with Crippen molar-refractivity contribution in [3.63, 3.8) is 0 Å². The molecule has 0 radical (unpaired) electrons. The van der Waals surface area contributed by atoms with E-state index in [1.807, 2.05) is 0 Å². The Kier molecular flexibility index (Phi) is 12.4. The van der Waals surface area contributed by atoms with E-state index in [2.05, 4.69) is 0 Å². The first kappa shape index (κ1) is 35.0. The molecule has 0 spiro atoms. The molecule has 2 aliphatic rings. The molecule has 4 atom stereocenters. The first-order valence-electron chi connectivity index (χ1n) is 14.8. The van der Waals surface area contributed by atoms with E-state index in [0.717, 1.165) is 0 Å². The third-order valence-electron chi connectivity index (χ3n) is 7.06. The second-order valence-electron chi connectivity index (χ2n) is 13.0. The van der Waals surface area contributed by atoms with Crippen molar-refractivity contribution in [1.29, 1.82) is 0 Å². The number of amides is 2. The van der Waals surface area contributed by atoms with Gasteiger partial charge in [0.1, 0.15) is 12.1 Å². The van der Waals surface area contributed by atoms with E-state index in [-0.39, 0.29) is 24.7 Å². The van der Waals surface area contributed by atoms with E-state index in [0.29, 0.717) is 51.6 Å².